The Bertz CT molecular complexity index is 393. The van der Waals surface area contributed by atoms with Gasteiger partial charge in [-0.3, -0.25) is 0 Å². The Hall–Kier alpha value is -0.770. The molecule has 4 fully saturated rings. The second-order valence-corrected chi connectivity index (χ2v) is 7.53. The Balaban J connectivity index is 1.57. The van der Waals surface area contributed by atoms with Gasteiger partial charge in [-0.25, -0.2) is 15.2 Å². The average molecular weight is 264 g/mol. The highest BCUT2D eigenvalue weighted by Crippen LogP contribution is 2.53. The number of rotatable bonds is 3. The summed E-state index contributed by atoms with van der Waals surface area (Å²) < 4.78 is 0. The van der Waals surface area contributed by atoms with E-state index >= 15 is 0 Å². The molecule has 0 heterocycles. The molecule has 0 aromatic heterocycles. The molecule has 0 aliphatic heterocycles. The van der Waals surface area contributed by atoms with Crippen molar-refractivity contribution in [3.63, 3.8) is 0 Å². The summed E-state index contributed by atoms with van der Waals surface area (Å²) in [5.41, 5.74) is 3.55. The summed E-state index contributed by atoms with van der Waals surface area (Å²) in [4.78, 5) is 11.8. The molecule has 4 rings (SSSR count). The zero-order chi connectivity index (χ0) is 13.1. The lowest BCUT2D eigenvalue weighted by molar-refractivity contribution is 0.00819. The fourth-order valence-corrected chi connectivity index (χ4v) is 5.43. The van der Waals surface area contributed by atoms with Crippen molar-refractivity contribution in [2.24, 2.45) is 11.8 Å². The molecular formula is C15H24N2O2. The van der Waals surface area contributed by atoms with Gasteiger partial charge in [0.25, 0.3) is 0 Å². The van der Waals surface area contributed by atoms with Crippen molar-refractivity contribution in [3.8, 4) is 0 Å². The third kappa shape index (κ3) is 1.72. The molecule has 0 atom stereocenters. The minimum Gasteiger partial charge on any atom is -0.464 e. The number of fused-ring (bicyclic) bond motifs is 4. The van der Waals surface area contributed by atoms with Crippen molar-refractivity contribution in [1.82, 2.24) is 10.4 Å². The van der Waals surface area contributed by atoms with Crippen LogP contribution < -0.4 is 5.43 Å². The van der Waals surface area contributed by atoms with Crippen LogP contribution in [0.3, 0.4) is 0 Å². The van der Waals surface area contributed by atoms with Crippen LogP contribution in [0.15, 0.2) is 0 Å². The zero-order valence-electron chi connectivity index (χ0n) is 11.5. The third-order valence-corrected chi connectivity index (χ3v) is 6.46. The van der Waals surface area contributed by atoms with Gasteiger partial charge < -0.3 is 5.11 Å². The number of hydrazine groups is 1. The molecule has 4 bridgehead atoms. The van der Waals surface area contributed by atoms with Crippen LogP contribution >= 0.6 is 0 Å². The highest BCUT2D eigenvalue weighted by Gasteiger charge is 2.54. The zero-order valence-corrected chi connectivity index (χ0v) is 11.5. The average Bonchev–Trinajstić information content (AvgIpc) is 3.15. The Kier molecular flexibility index (Phi) is 2.45. The highest BCUT2D eigenvalue weighted by atomic mass is 16.4. The first kappa shape index (κ1) is 12.0. The van der Waals surface area contributed by atoms with Crippen molar-refractivity contribution >= 4 is 6.09 Å². The summed E-state index contributed by atoms with van der Waals surface area (Å²) in [5, 5.41) is 11.4. The molecule has 4 nitrogen and oxygen atoms in total. The highest BCUT2D eigenvalue weighted by molar-refractivity contribution is 5.66. The van der Waals surface area contributed by atoms with E-state index in [2.05, 4.69) is 5.43 Å². The number of carbonyl (C=O) groups is 1. The summed E-state index contributed by atoms with van der Waals surface area (Å²) in [6, 6.07) is 0. The monoisotopic (exact) mass is 264 g/mol. The lowest BCUT2D eigenvalue weighted by Gasteiger charge is -2.43. The van der Waals surface area contributed by atoms with Gasteiger partial charge in [0, 0.05) is 5.54 Å². The van der Waals surface area contributed by atoms with Crippen LogP contribution in [0.25, 0.3) is 0 Å². The van der Waals surface area contributed by atoms with Gasteiger partial charge in [0.1, 0.15) is 0 Å². The standard InChI is InChI=1S/C15H24N2O2/c18-13(19)17(15-7-3-12(10-15)4-8-15)16-14-5-1-11(9-14)2-6-14/h11-12,16H,1-10H2,(H,18,19). The third-order valence-electron chi connectivity index (χ3n) is 6.46. The molecule has 19 heavy (non-hydrogen) atoms. The Morgan fingerprint density at radius 3 is 2.00 bits per heavy atom. The molecule has 1 amide bonds. The lowest BCUT2D eigenvalue weighted by atomic mass is 9.91. The van der Waals surface area contributed by atoms with Crippen molar-refractivity contribution in [2.45, 2.75) is 75.3 Å². The second kappa shape index (κ2) is 3.87. The number of nitrogens with one attached hydrogen (secondary N) is 1. The first-order valence-electron chi connectivity index (χ1n) is 7.92. The van der Waals surface area contributed by atoms with Crippen LogP contribution in [0.4, 0.5) is 4.79 Å². The summed E-state index contributed by atoms with van der Waals surface area (Å²) in [5.74, 6) is 1.63. The van der Waals surface area contributed by atoms with Crippen LogP contribution in [-0.4, -0.2) is 27.3 Å². The van der Waals surface area contributed by atoms with Crippen molar-refractivity contribution in [1.29, 1.82) is 0 Å². The lowest BCUT2D eigenvalue weighted by Crippen LogP contribution is -2.62. The molecule has 106 valence electrons. The van der Waals surface area contributed by atoms with Crippen LogP contribution in [-0.2, 0) is 0 Å². The number of hydrogen-bond donors (Lipinski definition) is 2. The minimum atomic E-state index is -0.757. The molecule has 0 spiro atoms. The molecule has 4 heteroatoms. The van der Waals surface area contributed by atoms with Crippen LogP contribution in [0.1, 0.15) is 64.2 Å². The van der Waals surface area contributed by atoms with Gasteiger partial charge in [-0.15, -0.1) is 0 Å². The van der Waals surface area contributed by atoms with Gasteiger partial charge in [-0.2, -0.15) is 0 Å². The van der Waals surface area contributed by atoms with E-state index in [1.165, 1.54) is 44.9 Å². The second-order valence-electron chi connectivity index (χ2n) is 7.53. The van der Waals surface area contributed by atoms with Gasteiger partial charge in [-0.1, -0.05) is 0 Å². The predicted octanol–water partition coefficient (Wildman–Crippen LogP) is 3.14. The van der Waals surface area contributed by atoms with Gasteiger partial charge >= 0.3 is 6.09 Å². The number of hydrogen-bond acceptors (Lipinski definition) is 2. The topological polar surface area (TPSA) is 52.6 Å². The van der Waals surface area contributed by atoms with Crippen LogP contribution in [0.5, 0.6) is 0 Å². The summed E-state index contributed by atoms with van der Waals surface area (Å²) in [7, 11) is 0. The fourth-order valence-electron chi connectivity index (χ4n) is 5.43. The molecule has 4 aliphatic carbocycles. The molecule has 0 radical (unpaired) electrons. The van der Waals surface area contributed by atoms with E-state index in [-0.39, 0.29) is 11.1 Å². The van der Waals surface area contributed by atoms with E-state index in [4.69, 9.17) is 0 Å². The van der Waals surface area contributed by atoms with E-state index in [9.17, 15) is 9.90 Å². The number of amides is 1. The van der Waals surface area contributed by atoms with Gasteiger partial charge in [0.2, 0.25) is 0 Å². The van der Waals surface area contributed by atoms with E-state index < -0.39 is 6.09 Å². The molecule has 2 N–H and O–H groups in total. The summed E-state index contributed by atoms with van der Waals surface area (Å²) in [6.07, 6.45) is 11.0. The quantitative estimate of drug-likeness (QED) is 0.770. The number of carboxylic acid groups (broad SMARTS) is 1. The SMILES string of the molecule is O=C(O)N(NC12CCC(CC1)C2)C12CCC(CC1)C2. The van der Waals surface area contributed by atoms with Crippen molar-refractivity contribution in [2.75, 3.05) is 0 Å². The van der Waals surface area contributed by atoms with Gasteiger partial charge in [0.05, 0.1) is 5.54 Å². The molecular weight excluding hydrogens is 240 g/mol. The molecule has 0 unspecified atom stereocenters. The first-order chi connectivity index (χ1) is 9.11. The van der Waals surface area contributed by atoms with E-state index in [0.717, 1.165) is 31.1 Å². The largest absolute Gasteiger partial charge is 0.464 e. The molecule has 0 saturated heterocycles. The van der Waals surface area contributed by atoms with E-state index in [1.54, 1.807) is 5.01 Å². The maximum atomic E-state index is 11.8. The first-order valence-corrected chi connectivity index (χ1v) is 7.92. The van der Waals surface area contributed by atoms with Gasteiger partial charge in [0.15, 0.2) is 0 Å². The Labute approximate surface area is 114 Å². The Morgan fingerprint density at radius 2 is 1.58 bits per heavy atom. The Morgan fingerprint density at radius 1 is 1.00 bits per heavy atom. The fraction of sp³-hybridized carbons (Fsp3) is 0.933. The van der Waals surface area contributed by atoms with Crippen molar-refractivity contribution < 1.29 is 9.90 Å². The van der Waals surface area contributed by atoms with E-state index in [1.807, 2.05) is 0 Å². The summed E-state index contributed by atoms with van der Waals surface area (Å²) in [6.45, 7) is 0. The minimum absolute atomic E-state index is 0.0775. The predicted molar refractivity (Wildman–Crippen MR) is 71.6 cm³/mol. The van der Waals surface area contributed by atoms with E-state index in [0.29, 0.717) is 0 Å². The normalized spacial score (nSPS) is 46.9. The van der Waals surface area contributed by atoms with Crippen LogP contribution in [0.2, 0.25) is 0 Å². The molecule has 0 aromatic rings. The smallest absolute Gasteiger partial charge is 0.422 e. The van der Waals surface area contributed by atoms with Gasteiger partial charge in [-0.05, 0) is 76.0 Å². The molecule has 4 aliphatic rings. The van der Waals surface area contributed by atoms with Crippen LogP contribution in [0, 0.1) is 11.8 Å². The van der Waals surface area contributed by atoms with Crippen molar-refractivity contribution in [3.05, 3.63) is 0 Å². The molecule has 0 aromatic carbocycles. The number of nitrogens with zero attached hydrogens (tertiary/aromatic N) is 1. The summed E-state index contributed by atoms with van der Waals surface area (Å²) >= 11 is 0. The maximum Gasteiger partial charge on any atom is 0.422 e. The maximum absolute atomic E-state index is 11.8. The molecule has 4 saturated carbocycles.